The second-order valence-corrected chi connectivity index (χ2v) is 6.81. The average Bonchev–Trinajstić information content (AvgIpc) is 2.55. The number of halogens is 1. The smallest absolute Gasteiger partial charge is 0.270 e. The van der Waals surface area contributed by atoms with Gasteiger partial charge in [0.1, 0.15) is 17.5 Å². The Morgan fingerprint density at radius 3 is 2.24 bits per heavy atom. The molecule has 0 aromatic rings. The third kappa shape index (κ3) is 2.76. The van der Waals surface area contributed by atoms with Crippen LogP contribution in [0.5, 0.6) is 0 Å². The van der Waals surface area contributed by atoms with Crippen molar-refractivity contribution in [3.8, 4) is 0 Å². The lowest BCUT2D eigenvalue weighted by Gasteiger charge is -2.26. The maximum atomic E-state index is 13.9. The molecule has 2 saturated heterocycles. The van der Waals surface area contributed by atoms with E-state index >= 15 is 0 Å². The molecule has 2 aliphatic rings. The molecule has 0 saturated carbocycles. The molecular formula is C7H11FO7S2. The summed E-state index contributed by atoms with van der Waals surface area (Å²) >= 11 is 0. The molecule has 0 bridgehead atoms. The summed E-state index contributed by atoms with van der Waals surface area (Å²) in [7, 11) is -8.18. The second-order valence-electron chi connectivity index (χ2n) is 3.74. The van der Waals surface area contributed by atoms with Crippen molar-refractivity contribution >= 4 is 20.5 Å². The molecule has 2 rings (SSSR count). The molecule has 3 atom stereocenters. The first-order chi connectivity index (χ1) is 7.82. The zero-order valence-electron chi connectivity index (χ0n) is 8.61. The van der Waals surface area contributed by atoms with Crippen LogP contribution in [-0.2, 0) is 33.1 Å². The van der Waals surface area contributed by atoms with Crippen molar-refractivity contribution in [3.63, 3.8) is 0 Å². The Morgan fingerprint density at radius 1 is 1.06 bits per heavy atom. The van der Waals surface area contributed by atoms with Crippen molar-refractivity contribution in [2.75, 3.05) is 13.2 Å². The minimum absolute atomic E-state index is 0.00966. The fourth-order valence-corrected chi connectivity index (χ4v) is 4.02. The molecule has 0 amide bonds. The fourth-order valence-electron chi connectivity index (χ4n) is 1.78. The number of alkyl halides is 1. The van der Waals surface area contributed by atoms with Gasteiger partial charge in [-0.3, -0.25) is 4.18 Å². The average molecular weight is 290 g/mol. The van der Waals surface area contributed by atoms with E-state index in [9.17, 15) is 21.2 Å². The van der Waals surface area contributed by atoms with Crippen LogP contribution in [0.1, 0.15) is 12.8 Å². The largest absolute Gasteiger partial charge is 0.400 e. The van der Waals surface area contributed by atoms with Crippen molar-refractivity contribution in [2.45, 2.75) is 30.4 Å². The minimum atomic E-state index is -4.22. The molecule has 2 heterocycles. The van der Waals surface area contributed by atoms with Crippen molar-refractivity contribution in [1.29, 1.82) is 0 Å². The zero-order valence-corrected chi connectivity index (χ0v) is 10.2. The van der Waals surface area contributed by atoms with E-state index in [0.29, 0.717) is 0 Å². The first-order valence-electron chi connectivity index (χ1n) is 4.92. The van der Waals surface area contributed by atoms with Crippen LogP contribution in [0.2, 0.25) is 0 Å². The molecule has 2 fully saturated rings. The summed E-state index contributed by atoms with van der Waals surface area (Å²) in [6, 6.07) is 0. The predicted molar refractivity (Wildman–Crippen MR) is 52.5 cm³/mol. The first-order valence-corrected chi connectivity index (χ1v) is 7.72. The zero-order chi connectivity index (χ0) is 12.7. The van der Waals surface area contributed by atoms with Gasteiger partial charge in [0.05, 0.1) is 13.2 Å². The highest BCUT2D eigenvalue weighted by Crippen LogP contribution is 2.29. The van der Waals surface area contributed by atoms with Gasteiger partial charge in [0.2, 0.25) is 0 Å². The van der Waals surface area contributed by atoms with Crippen molar-refractivity contribution in [2.24, 2.45) is 0 Å². The molecule has 0 aromatic carbocycles. The molecule has 17 heavy (non-hydrogen) atoms. The predicted octanol–water partition coefficient (Wildman–Crippen LogP) is -0.506. The molecule has 0 aromatic heterocycles. The topological polar surface area (TPSA) is 96.0 Å². The molecule has 10 heteroatoms. The van der Waals surface area contributed by atoms with E-state index in [1.54, 1.807) is 0 Å². The monoisotopic (exact) mass is 290 g/mol. The third-order valence-electron chi connectivity index (χ3n) is 2.60. The lowest BCUT2D eigenvalue weighted by molar-refractivity contribution is 0.0339. The van der Waals surface area contributed by atoms with Crippen LogP contribution in [0.3, 0.4) is 0 Å². The Labute approximate surface area is 98.3 Å². The van der Waals surface area contributed by atoms with Gasteiger partial charge in [-0.25, -0.2) is 12.8 Å². The normalized spacial score (nSPS) is 37.7. The number of hydrogen-bond donors (Lipinski definition) is 0. The number of hydrogen-bond acceptors (Lipinski definition) is 7. The molecule has 100 valence electrons. The molecular weight excluding hydrogens is 279 g/mol. The molecule has 0 N–H and O–H groups in total. The van der Waals surface area contributed by atoms with Crippen molar-refractivity contribution < 1.29 is 33.8 Å². The molecule has 2 aliphatic heterocycles. The summed E-state index contributed by atoms with van der Waals surface area (Å²) in [6.45, 7) is -0.315. The first kappa shape index (κ1) is 13.1. The second kappa shape index (κ2) is 4.43. The molecule has 7 nitrogen and oxygen atoms in total. The van der Waals surface area contributed by atoms with Crippen molar-refractivity contribution in [3.05, 3.63) is 0 Å². The van der Waals surface area contributed by atoms with Crippen LogP contribution in [0.15, 0.2) is 0 Å². The summed E-state index contributed by atoms with van der Waals surface area (Å²) < 4.78 is 71.5. The van der Waals surface area contributed by atoms with Crippen LogP contribution in [0.25, 0.3) is 0 Å². The van der Waals surface area contributed by atoms with Crippen LogP contribution >= 0.6 is 0 Å². The van der Waals surface area contributed by atoms with Gasteiger partial charge < -0.3 is 0 Å². The summed E-state index contributed by atoms with van der Waals surface area (Å²) in [5.74, 6) is 0. The summed E-state index contributed by atoms with van der Waals surface area (Å²) in [5.41, 5.74) is 0. The lowest BCUT2D eigenvalue weighted by Crippen LogP contribution is -2.42. The van der Waals surface area contributed by atoms with Gasteiger partial charge in [-0.15, -0.1) is 0 Å². The quantitative estimate of drug-likeness (QED) is 0.632. The SMILES string of the molecule is O=S1(=O)OCCC(C(F)C2CCOS2(=O)=O)O1. The molecule has 0 radical (unpaired) electrons. The van der Waals surface area contributed by atoms with E-state index in [4.69, 9.17) is 0 Å². The Balaban J connectivity index is 2.12. The van der Waals surface area contributed by atoms with Gasteiger partial charge in [0.25, 0.3) is 10.1 Å². The Bertz CT molecular complexity index is 484. The molecule has 0 aliphatic carbocycles. The van der Waals surface area contributed by atoms with E-state index in [2.05, 4.69) is 12.5 Å². The molecule has 3 unspecified atom stereocenters. The van der Waals surface area contributed by atoms with Crippen LogP contribution < -0.4 is 0 Å². The Morgan fingerprint density at radius 2 is 1.71 bits per heavy atom. The van der Waals surface area contributed by atoms with Crippen molar-refractivity contribution in [1.82, 2.24) is 0 Å². The van der Waals surface area contributed by atoms with Gasteiger partial charge in [-0.1, -0.05) is 0 Å². The van der Waals surface area contributed by atoms with E-state index in [1.807, 2.05) is 0 Å². The van der Waals surface area contributed by atoms with E-state index in [1.165, 1.54) is 0 Å². The fraction of sp³-hybridized carbons (Fsp3) is 1.00. The van der Waals surface area contributed by atoms with E-state index in [-0.39, 0.29) is 26.1 Å². The highest BCUT2D eigenvalue weighted by molar-refractivity contribution is 7.87. The highest BCUT2D eigenvalue weighted by atomic mass is 32.3. The summed E-state index contributed by atoms with van der Waals surface area (Å²) in [5, 5.41) is -1.37. The summed E-state index contributed by atoms with van der Waals surface area (Å²) in [6.07, 6.45) is -3.31. The van der Waals surface area contributed by atoms with Crippen LogP contribution in [-0.4, -0.2) is 47.6 Å². The highest BCUT2D eigenvalue weighted by Gasteiger charge is 2.46. The maximum Gasteiger partial charge on any atom is 0.400 e. The Kier molecular flexibility index (Phi) is 3.42. The Hall–Kier alpha value is -0.290. The van der Waals surface area contributed by atoms with E-state index in [0.717, 1.165) is 0 Å². The number of rotatable bonds is 2. The maximum absolute atomic E-state index is 13.9. The van der Waals surface area contributed by atoms with E-state index < -0.39 is 38.0 Å². The summed E-state index contributed by atoms with van der Waals surface area (Å²) in [4.78, 5) is 0. The third-order valence-corrected chi connectivity index (χ3v) is 5.27. The van der Waals surface area contributed by atoms with Gasteiger partial charge >= 0.3 is 10.4 Å². The van der Waals surface area contributed by atoms with Gasteiger partial charge in [-0.2, -0.15) is 16.8 Å². The van der Waals surface area contributed by atoms with Gasteiger partial charge in [0, 0.05) is 6.42 Å². The van der Waals surface area contributed by atoms with Crippen LogP contribution in [0, 0.1) is 0 Å². The van der Waals surface area contributed by atoms with Gasteiger partial charge in [0.15, 0.2) is 0 Å². The minimum Gasteiger partial charge on any atom is -0.270 e. The van der Waals surface area contributed by atoms with Crippen LogP contribution in [0.4, 0.5) is 4.39 Å². The standard InChI is InChI=1S/C7H11FO7S2/c8-7(6-2-4-13-16(6,9)10)5-1-3-14-17(11,12)15-5/h5-7H,1-4H2. The molecule has 0 spiro atoms. The lowest BCUT2D eigenvalue weighted by atomic mass is 10.1. The van der Waals surface area contributed by atoms with Gasteiger partial charge in [-0.05, 0) is 6.42 Å².